The van der Waals surface area contributed by atoms with E-state index in [1.54, 1.807) is 52.8 Å². The van der Waals surface area contributed by atoms with Crippen LogP contribution in [0, 0.1) is 0 Å². The Kier molecular flexibility index (Phi) is 9.88. The lowest BCUT2D eigenvalue weighted by molar-refractivity contribution is -0.138. The minimum Gasteiger partial charge on any atom is -0.481 e. The van der Waals surface area contributed by atoms with Crippen LogP contribution in [0.5, 0.6) is 0 Å². The maximum Gasteiger partial charge on any atom is 0.437 e. The average molecular weight is 589 g/mol. The van der Waals surface area contributed by atoms with Crippen molar-refractivity contribution in [2.24, 2.45) is 4.99 Å². The Labute approximate surface area is 244 Å². The zero-order valence-corrected chi connectivity index (χ0v) is 24.5. The number of anilines is 1. The standard InChI is InChI=1S/C29H37ClN4O7/c1-27(2,3)41-26(38)33-24(31-19-14-28(4,39)15-19)34-29(5,16-22(35)36)20-12-9-13-21(23(20)30)32-25(37)40-17-18-10-7-6-8-11-18/h6-13,19,39H,14-17H2,1-5H3,(H,32,37)(H,35,36)(H2,31,33,34,38). The topological polar surface area (TPSA) is 159 Å². The number of hydrogen-bond acceptors (Lipinski definition) is 6. The van der Waals surface area contributed by atoms with Gasteiger partial charge in [-0.3, -0.25) is 10.1 Å². The highest BCUT2D eigenvalue weighted by molar-refractivity contribution is 6.34. The molecule has 0 aromatic heterocycles. The average Bonchev–Trinajstić information content (AvgIpc) is 2.81. The molecule has 1 aliphatic carbocycles. The highest BCUT2D eigenvalue weighted by atomic mass is 35.5. The maximum atomic E-state index is 12.6. The second-order valence-corrected chi connectivity index (χ2v) is 11.9. The van der Waals surface area contributed by atoms with Gasteiger partial charge in [0.15, 0.2) is 0 Å². The number of aliphatic hydroxyl groups is 1. The van der Waals surface area contributed by atoms with E-state index in [1.807, 2.05) is 30.3 Å². The van der Waals surface area contributed by atoms with Crippen LogP contribution in [-0.2, 0) is 26.4 Å². The van der Waals surface area contributed by atoms with Gasteiger partial charge in [-0.15, -0.1) is 4.99 Å². The molecule has 0 spiro atoms. The first-order valence-electron chi connectivity index (χ1n) is 13.1. The van der Waals surface area contributed by atoms with Crippen molar-refractivity contribution in [1.29, 1.82) is 0 Å². The number of carbonyl (C=O) groups is 3. The molecule has 2 amide bonds. The van der Waals surface area contributed by atoms with Crippen molar-refractivity contribution in [2.75, 3.05) is 5.32 Å². The number of aliphatic imine (C=N–C) groups is 1. The van der Waals surface area contributed by atoms with Crippen molar-refractivity contribution in [3.8, 4) is 0 Å². The Bertz CT molecular complexity index is 1290. The zero-order valence-electron chi connectivity index (χ0n) is 23.8. The Hall–Kier alpha value is -3.83. The smallest absolute Gasteiger partial charge is 0.437 e. The monoisotopic (exact) mass is 588 g/mol. The largest absolute Gasteiger partial charge is 0.481 e. The molecule has 0 saturated heterocycles. The molecule has 0 bridgehead atoms. The molecule has 2 aromatic carbocycles. The molecule has 3 rings (SSSR count). The van der Waals surface area contributed by atoms with E-state index in [9.17, 15) is 24.6 Å². The fourth-order valence-corrected chi connectivity index (χ4v) is 4.85. The predicted octanol–water partition coefficient (Wildman–Crippen LogP) is 5.16. The van der Waals surface area contributed by atoms with Crippen LogP contribution >= 0.6 is 11.6 Å². The third-order valence-electron chi connectivity index (χ3n) is 6.25. The first-order chi connectivity index (χ1) is 19.1. The molecule has 0 aliphatic heterocycles. The molecule has 2 aromatic rings. The summed E-state index contributed by atoms with van der Waals surface area (Å²) in [5, 5.41) is 28.7. The van der Waals surface area contributed by atoms with Crippen LogP contribution in [0.3, 0.4) is 0 Å². The minimum atomic E-state index is -1.41. The van der Waals surface area contributed by atoms with Crippen molar-refractivity contribution < 1.29 is 34.1 Å². The van der Waals surface area contributed by atoms with E-state index in [4.69, 9.17) is 21.1 Å². The first-order valence-corrected chi connectivity index (χ1v) is 13.5. The second kappa shape index (κ2) is 12.8. The number of amides is 2. The van der Waals surface area contributed by atoms with E-state index in [1.165, 1.54) is 0 Å². The summed E-state index contributed by atoms with van der Waals surface area (Å²) < 4.78 is 10.6. The zero-order chi connectivity index (χ0) is 30.4. The molecule has 1 atom stereocenters. The third-order valence-corrected chi connectivity index (χ3v) is 6.66. The molecule has 0 radical (unpaired) electrons. The Morgan fingerprint density at radius 1 is 1.07 bits per heavy atom. The SMILES string of the molecule is CC1(O)CC(NC(=NC(=O)OC(C)(C)C)NC(C)(CC(=O)O)c2cccc(NC(=O)OCc3ccccc3)c2Cl)C1. The lowest BCUT2D eigenvalue weighted by atomic mass is 9.77. The summed E-state index contributed by atoms with van der Waals surface area (Å²) in [6, 6.07) is 13.7. The second-order valence-electron chi connectivity index (χ2n) is 11.6. The van der Waals surface area contributed by atoms with Crippen LogP contribution in [-0.4, -0.2) is 51.6 Å². The molecule has 5 N–H and O–H groups in total. The van der Waals surface area contributed by atoms with Gasteiger partial charge in [-0.2, -0.15) is 0 Å². The van der Waals surface area contributed by atoms with Gasteiger partial charge in [0.25, 0.3) is 0 Å². The fourth-order valence-electron chi connectivity index (χ4n) is 4.46. The van der Waals surface area contributed by atoms with Crippen LogP contribution in [0.25, 0.3) is 0 Å². The number of halogens is 1. The van der Waals surface area contributed by atoms with Crippen LogP contribution < -0.4 is 16.0 Å². The normalized spacial score (nSPS) is 20.2. The van der Waals surface area contributed by atoms with E-state index in [-0.39, 0.29) is 29.3 Å². The molecule has 1 aliphatic rings. The molecule has 1 unspecified atom stereocenters. The summed E-state index contributed by atoms with van der Waals surface area (Å²) in [6.07, 6.45) is -1.32. The quantitative estimate of drug-likeness (QED) is 0.207. The van der Waals surface area contributed by atoms with E-state index in [2.05, 4.69) is 20.9 Å². The van der Waals surface area contributed by atoms with Gasteiger partial charge in [0, 0.05) is 6.04 Å². The number of guanidine groups is 1. The van der Waals surface area contributed by atoms with E-state index >= 15 is 0 Å². The number of carboxylic acids is 1. The number of nitrogens with one attached hydrogen (secondary N) is 3. The third kappa shape index (κ3) is 9.65. The Morgan fingerprint density at radius 3 is 2.32 bits per heavy atom. The number of rotatable bonds is 8. The summed E-state index contributed by atoms with van der Waals surface area (Å²) in [7, 11) is 0. The van der Waals surface area contributed by atoms with Crippen molar-refractivity contribution in [3.05, 3.63) is 64.7 Å². The number of carbonyl (C=O) groups excluding carboxylic acids is 2. The molecular formula is C29H37ClN4O7. The molecule has 1 fully saturated rings. The van der Waals surface area contributed by atoms with Crippen molar-refractivity contribution in [2.45, 2.75) is 83.3 Å². The molecule has 1 saturated carbocycles. The van der Waals surface area contributed by atoms with E-state index in [0.29, 0.717) is 18.4 Å². The van der Waals surface area contributed by atoms with Crippen molar-refractivity contribution in [3.63, 3.8) is 0 Å². The summed E-state index contributed by atoms with van der Waals surface area (Å²) >= 11 is 6.71. The lowest BCUT2D eigenvalue weighted by Crippen LogP contribution is -2.59. The number of benzene rings is 2. The molecule has 222 valence electrons. The van der Waals surface area contributed by atoms with E-state index in [0.717, 1.165) is 5.56 Å². The van der Waals surface area contributed by atoms with Gasteiger partial charge in [-0.25, -0.2) is 9.59 Å². The Morgan fingerprint density at radius 2 is 1.73 bits per heavy atom. The minimum absolute atomic E-state index is 0.0415. The summed E-state index contributed by atoms with van der Waals surface area (Å²) in [5.74, 6) is -1.19. The number of nitrogens with zero attached hydrogens (tertiary/aromatic N) is 1. The van der Waals surface area contributed by atoms with Crippen LogP contribution in [0.1, 0.15) is 65.0 Å². The summed E-state index contributed by atoms with van der Waals surface area (Å²) in [4.78, 5) is 41.1. The predicted molar refractivity (Wildman–Crippen MR) is 155 cm³/mol. The lowest BCUT2D eigenvalue weighted by Gasteiger charge is -2.42. The van der Waals surface area contributed by atoms with Crippen molar-refractivity contribution >= 4 is 41.4 Å². The fraction of sp³-hybridized carbons (Fsp3) is 0.448. The van der Waals surface area contributed by atoms with Gasteiger partial charge in [0.1, 0.15) is 12.2 Å². The van der Waals surface area contributed by atoms with Gasteiger partial charge >= 0.3 is 18.2 Å². The Balaban J connectivity index is 1.87. The van der Waals surface area contributed by atoms with Crippen LogP contribution in [0.2, 0.25) is 5.02 Å². The highest BCUT2D eigenvalue weighted by Gasteiger charge is 2.40. The van der Waals surface area contributed by atoms with Crippen molar-refractivity contribution in [1.82, 2.24) is 10.6 Å². The first kappa shape index (κ1) is 31.7. The van der Waals surface area contributed by atoms with Gasteiger partial charge in [-0.05, 0) is 64.7 Å². The summed E-state index contributed by atoms with van der Waals surface area (Å²) in [5.41, 5.74) is -1.75. The van der Waals surface area contributed by atoms with E-state index < -0.39 is 41.3 Å². The molecule has 0 heterocycles. The molecule has 41 heavy (non-hydrogen) atoms. The van der Waals surface area contributed by atoms with Gasteiger partial charge < -0.3 is 30.3 Å². The molecule has 11 nitrogen and oxygen atoms in total. The number of hydrogen-bond donors (Lipinski definition) is 5. The van der Waals surface area contributed by atoms with Gasteiger partial charge in [0.05, 0.1) is 28.3 Å². The summed E-state index contributed by atoms with van der Waals surface area (Å²) in [6.45, 7) is 8.42. The van der Waals surface area contributed by atoms with Gasteiger partial charge in [-0.1, -0.05) is 54.1 Å². The maximum absolute atomic E-state index is 12.6. The van der Waals surface area contributed by atoms with Gasteiger partial charge in [0.2, 0.25) is 5.96 Å². The number of aliphatic carboxylic acids is 1. The molecular weight excluding hydrogens is 552 g/mol. The number of carboxylic acid groups (broad SMARTS) is 1. The highest BCUT2D eigenvalue weighted by Crippen LogP contribution is 2.36. The van der Waals surface area contributed by atoms with Crippen LogP contribution in [0.15, 0.2) is 53.5 Å². The number of ether oxygens (including phenoxy) is 2. The van der Waals surface area contributed by atoms with Crippen LogP contribution in [0.4, 0.5) is 15.3 Å². The molecule has 12 heteroatoms.